The standard InChI is InChI=1S/C15H24FN/c1-5-11(2)8-13(4)17-10-14-7-6-12(3)15(16)9-14/h6-7,9,11,13,17H,5,8,10H2,1-4H3. The highest BCUT2D eigenvalue weighted by Crippen LogP contribution is 2.12. The highest BCUT2D eigenvalue weighted by Gasteiger charge is 2.07. The first-order chi connectivity index (χ1) is 8.02. The number of halogens is 1. The molecule has 0 radical (unpaired) electrons. The van der Waals surface area contributed by atoms with Gasteiger partial charge in [0.05, 0.1) is 0 Å². The number of hydrogen-bond donors (Lipinski definition) is 1. The van der Waals surface area contributed by atoms with E-state index in [2.05, 4.69) is 26.1 Å². The summed E-state index contributed by atoms with van der Waals surface area (Å²) in [4.78, 5) is 0. The molecule has 0 heterocycles. The van der Waals surface area contributed by atoms with Crippen LogP contribution in [0.4, 0.5) is 4.39 Å². The summed E-state index contributed by atoms with van der Waals surface area (Å²) in [5.74, 6) is 0.631. The van der Waals surface area contributed by atoms with E-state index in [0.29, 0.717) is 11.6 Å². The van der Waals surface area contributed by atoms with Crippen LogP contribution in [0.15, 0.2) is 18.2 Å². The second-order valence-electron chi connectivity index (χ2n) is 5.11. The van der Waals surface area contributed by atoms with Gasteiger partial charge >= 0.3 is 0 Å². The topological polar surface area (TPSA) is 12.0 Å². The lowest BCUT2D eigenvalue weighted by molar-refractivity contribution is 0.411. The molecule has 1 nitrogen and oxygen atoms in total. The molecule has 0 saturated heterocycles. The van der Waals surface area contributed by atoms with E-state index in [4.69, 9.17) is 0 Å². The Kier molecular flexibility index (Phi) is 5.63. The summed E-state index contributed by atoms with van der Waals surface area (Å²) in [5.41, 5.74) is 1.73. The summed E-state index contributed by atoms with van der Waals surface area (Å²) >= 11 is 0. The van der Waals surface area contributed by atoms with Crippen molar-refractivity contribution in [3.63, 3.8) is 0 Å². The third kappa shape index (κ3) is 4.86. The van der Waals surface area contributed by atoms with Gasteiger partial charge in [0.2, 0.25) is 0 Å². The van der Waals surface area contributed by atoms with Crippen molar-refractivity contribution in [2.45, 2.75) is 53.1 Å². The largest absolute Gasteiger partial charge is 0.310 e. The van der Waals surface area contributed by atoms with Gasteiger partial charge in [-0.1, -0.05) is 32.4 Å². The van der Waals surface area contributed by atoms with Gasteiger partial charge in [0.15, 0.2) is 0 Å². The zero-order chi connectivity index (χ0) is 12.8. The molecule has 0 aliphatic heterocycles. The van der Waals surface area contributed by atoms with Gasteiger partial charge in [-0.3, -0.25) is 0 Å². The van der Waals surface area contributed by atoms with E-state index < -0.39 is 0 Å². The maximum atomic E-state index is 13.3. The average molecular weight is 237 g/mol. The van der Waals surface area contributed by atoms with Gasteiger partial charge in [-0.2, -0.15) is 0 Å². The van der Waals surface area contributed by atoms with Crippen LogP contribution < -0.4 is 5.32 Å². The summed E-state index contributed by atoms with van der Waals surface area (Å²) < 4.78 is 13.3. The van der Waals surface area contributed by atoms with Crippen molar-refractivity contribution in [3.05, 3.63) is 35.1 Å². The highest BCUT2D eigenvalue weighted by molar-refractivity contribution is 5.23. The van der Waals surface area contributed by atoms with Crippen molar-refractivity contribution in [2.75, 3.05) is 0 Å². The smallest absolute Gasteiger partial charge is 0.126 e. The van der Waals surface area contributed by atoms with Gasteiger partial charge in [-0.15, -0.1) is 0 Å². The molecule has 17 heavy (non-hydrogen) atoms. The minimum Gasteiger partial charge on any atom is -0.310 e. The second-order valence-corrected chi connectivity index (χ2v) is 5.11. The van der Waals surface area contributed by atoms with Gasteiger partial charge < -0.3 is 5.32 Å². The Balaban J connectivity index is 2.42. The van der Waals surface area contributed by atoms with Gasteiger partial charge in [0.25, 0.3) is 0 Å². The van der Waals surface area contributed by atoms with Crippen LogP contribution in [0.3, 0.4) is 0 Å². The molecule has 2 atom stereocenters. The molecule has 0 aliphatic carbocycles. The lowest BCUT2D eigenvalue weighted by Crippen LogP contribution is -2.27. The van der Waals surface area contributed by atoms with Gasteiger partial charge in [0.1, 0.15) is 5.82 Å². The Labute approximate surface area is 104 Å². The third-order valence-electron chi connectivity index (χ3n) is 3.34. The van der Waals surface area contributed by atoms with Crippen molar-refractivity contribution in [1.29, 1.82) is 0 Å². The first-order valence-corrected chi connectivity index (χ1v) is 6.51. The summed E-state index contributed by atoms with van der Waals surface area (Å²) in [7, 11) is 0. The second kappa shape index (κ2) is 6.75. The number of nitrogens with one attached hydrogen (secondary N) is 1. The first kappa shape index (κ1) is 14.2. The predicted molar refractivity (Wildman–Crippen MR) is 71.5 cm³/mol. The molecule has 1 rings (SSSR count). The maximum absolute atomic E-state index is 13.3. The summed E-state index contributed by atoms with van der Waals surface area (Å²) in [6.07, 6.45) is 2.38. The molecule has 1 aromatic rings. The Morgan fingerprint density at radius 3 is 2.59 bits per heavy atom. The van der Waals surface area contributed by atoms with Gasteiger partial charge in [0, 0.05) is 12.6 Å². The van der Waals surface area contributed by atoms with Crippen molar-refractivity contribution < 1.29 is 4.39 Å². The molecule has 2 heteroatoms. The Morgan fingerprint density at radius 1 is 1.29 bits per heavy atom. The Hall–Kier alpha value is -0.890. The van der Waals surface area contributed by atoms with Crippen LogP contribution in [-0.4, -0.2) is 6.04 Å². The number of benzene rings is 1. The highest BCUT2D eigenvalue weighted by atomic mass is 19.1. The lowest BCUT2D eigenvalue weighted by Gasteiger charge is -2.17. The fourth-order valence-electron chi connectivity index (χ4n) is 1.89. The third-order valence-corrected chi connectivity index (χ3v) is 3.34. The number of rotatable bonds is 6. The monoisotopic (exact) mass is 237 g/mol. The quantitative estimate of drug-likeness (QED) is 0.787. The number of aryl methyl sites for hydroxylation is 1. The Morgan fingerprint density at radius 2 is 2.00 bits per heavy atom. The van der Waals surface area contributed by atoms with Crippen LogP contribution in [0.5, 0.6) is 0 Å². The minimum absolute atomic E-state index is 0.112. The van der Waals surface area contributed by atoms with Crippen LogP contribution in [0.1, 0.15) is 44.7 Å². The van der Waals surface area contributed by atoms with Crippen LogP contribution in [0, 0.1) is 18.7 Å². The Bertz CT molecular complexity index is 349. The van der Waals surface area contributed by atoms with E-state index in [-0.39, 0.29) is 5.82 Å². The fraction of sp³-hybridized carbons (Fsp3) is 0.600. The summed E-state index contributed by atoms with van der Waals surface area (Å²) in [5, 5.41) is 3.44. The molecule has 0 saturated carbocycles. The molecule has 0 fully saturated rings. The van der Waals surface area contributed by atoms with Crippen LogP contribution >= 0.6 is 0 Å². The molecule has 96 valence electrons. The van der Waals surface area contributed by atoms with Crippen LogP contribution in [0.25, 0.3) is 0 Å². The SMILES string of the molecule is CCC(C)CC(C)NCc1ccc(C)c(F)c1. The average Bonchev–Trinajstić information content (AvgIpc) is 2.30. The van der Waals surface area contributed by atoms with Gasteiger partial charge in [-0.05, 0) is 43.4 Å². The molecular formula is C15H24FN. The van der Waals surface area contributed by atoms with Gasteiger partial charge in [-0.25, -0.2) is 4.39 Å². The van der Waals surface area contributed by atoms with Crippen molar-refractivity contribution in [2.24, 2.45) is 5.92 Å². The van der Waals surface area contributed by atoms with E-state index in [0.717, 1.165) is 18.0 Å². The zero-order valence-corrected chi connectivity index (χ0v) is 11.4. The molecule has 0 aromatic heterocycles. The molecular weight excluding hydrogens is 213 g/mol. The fourth-order valence-corrected chi connectivity index (χ4v) is 1.89. The van der Waals surface area contributed by atoms with Crippen LogP contribution in [0.2, 0.25) is 0 Å². The van der Waals surface area contributed by atoms with Crippen molar-refractivity contribution >= 4 is 0 Å². The van der Waals surface area contributed by atoms with Crippen molar-refractivity contribution in [1.82, 2.24) is 5.32 Å². The normalized spacial score (nSPS) is 14.6. The van der Waals surface area contributed by atoms with E-state index in [1.165, 1.54) is 12.8 Å². The molecule has 0 spiro atoms. The first-order valence-electron chi connectivity index (χ1n) is 6.51. The van der Waals surface area contributed by atoms with E-state index >= 15 is 0 Å². The lowest BCUT2D eigenvalue weighted by atomic mass is 10.0. The maximum Gasteiger partial charge on any atom is 0.126 e. The van der Waals surface area contributed by atoms with Crippen molar-refractivity contribution in [3.8, 4) is 0 Å². The van der Waals surface area contributed by atoms with E-state index in [1.54, 1.807) is 13.0 Å². The van der Waals surface area contributed by atoms with E-state index in [9.17, 15) is 4.39 Å². The minimum atomic E-state index is -0.112. The van der Waals surface area contributed by atoms with Crippen LogP contribution in [-0.2, 0) is 6.54 Å². The predicted octanol–water partition coefficient (Wildman–Crippen LogP) is 4.05. The molecule has 2 unspecified atom stereocenters. The molecule has 0 bridgehead atoms. The van der Waals surface area contributed by atoms with E-state index in [1.807, 2.05) is 12.1 Å². The zero-order valence-electron chi connectivity index (χ0n) is 11.4. The molecule has 0 aliphatic rings. The number of hydrogen-bond acceptors (Lipinski definition) is 1. The molecule has 0 amide bonds. The summed E-state index contributed by atoms with van der Waals surface area (Å²) in [6, 6.07) is 5.93. The molecule has 1 aromatic carbocycles. The molecule has 1 N–H and O–H groups in total. The summed E-state index contributed by atoms with van der Waals surface area (Å²) in [6.45, 7) is 9.21.